The fourth-order valence-corrected chi connectivity index (χ4v) is 2.97. The molecule has 1 aliphatic heterocycles. The number of hydrogen-bond donors (Lipinski definition) is 1. The summed E-state index contributed by atoms with van der Waals surface area (Å²) >= 11 is 0. The van der Waals surface area contributed by atoms with Crippen molar-refractivity contribution in [3.05, 3.63) is 76.6 Å². The molecule has 0 atom stereocenters. The summed E-state index contributed by atoms with van der Waals surface area (Å²) in [6.07, 6.45) is 3.83. The molecule has 2 aromatic carbocycles. The van der Waals surface area contributed by atoms with Crippen molar-refractivity contribution >= 4 is 12.0 Å². The largest absolute Gasteiger partial charge is 0.478 e. The number of halogens is 1. The Labute approximate surface area is 141 Å². The maximum absolute atomic E-state index is 13.7. The van der Waals surface area contributed by atoms with Gasteiger partial charge in [-0.25, -0.2) is 9.18 Å². The number of nitrogens with zero attached hydrogens (tertiary/aromatic N) is 1. The van der Waals surface area contributed by atoms with Gasteiger partial charge in [-0.2, -0.15) is 0 Å². The Balaban J connectivity index is 1.57. The van der Waals surface area contributed by atoms with Crippen molar-refractivity contribution < 1.29 is 14.3 Å². The van der Waals surface area contributed by atoms with Crippen LogP contribution >= 0.6 is 0 Å². The van der Waals surface area contributed by atoms with E-state index in [0.29, 0.717) is 11.1 Å². The van der Waals surface area contributed by atoms with Crippen molar-refractivity contribution in [2.75, 3.05) is 13.1 Å². The van der Waals surface area contributed by atoms with Crippen LogP contribution in [0.5, 0.6) is 0 Å². The van der Waals surface area contributed by atoms with Crippen molar-refractivity contribution in [1.82, 2.24) is 4.90 Å². The van der Waals surface area contributed by atoms with E-state index in [4.69, 9.17) is 5.11 Å². The van der Waals surface area contributed by atoms with Crippen LogP contribution in [0.15, 0.2) is 54.1 Å². The molecule has 0 bridgehead atoms. The van der Waals surface area contributed by atoms with Gasteiger partial charge in [0.1, 0.15) is 5.82 Å². The molecule has 3 rings (SSSR count). The Morgan fingerprint density at radius 1 is 1.08 bits per heavy atom. The summed E-state index contributed by atoms with van der Waals surface area (Å²) in [5.41, 5.74) is 3.36. The van der Waals surface area contributed by atoms with Crippen LogP contribution in [0.25, 0.3) is 6.08 Å². The molecule has 1 aliphatic rings. The van der Waals surface area contributed by atoms with E-state index in [9.17, 15) is 9.18 Å². The predicted octanol–water partition coefficient (Wildman–Crippen LogP) is 4.20. The van der Waals surface area contributed by atoms with E-state index in [-0.39, 0.29) is 5.82 Å². The van der Waals surface area contributed by atoms with Crippen molar-refractivity contribution in [2.24, 2.45) is 0 Å². The molecule has 4 heteroatoms. The second-order valence-electron chi connectivity index (χ2n) is 6.10. The second kappa shape index (κ2) is 7.41. The van der Waals surface area contributed by atoms with Gasteiger partial charge >= 0.3 is 5.97 Å². The van der Waals surface area contributed by atoms with Crippen LogP contribution < -0.4 is 0 Å². The summed E-state index contributed by atoms with van der Waals surface area (Å²) in [5, 5.41) is 8.92. The average Bonchev–Trinajstić information content (AvgIpc) is 2.59. The Morgan fingerprint density at radius 2 is 1.75 bits per heavy atom. The topological polar surface area (TPSA) is 40.5 Å². The van der Waals surface area contributed by atoms with E-state index in [1.54, 1.807) is 24.3 Å². The van der Waals surface area contributed by atoms with Crippen molar-refractivity contribution in [2.45, 2.75) is 19.4 Å². The van der Waals surface area contributed by atoms with Crippen LogP contribution in [-0.2, 0) is 6.54 Å². The zero-order chi connectivity index (χ0) is 16.9. The Hall–Kier alpha value is -2.46. The quantitative estimate of drug-likeness (QED) is 0.916. The van der Waals surface area contributed by atoms with Crippen molar-refractivity contribution in [3.8, 4) is 0 Å². The predicted molar refractivity (Wildman–Crippen MR) is 92.3 cm³/mol. The summed E-state index contributed by atoms with van der Waals surface area (Å²) in [6, 6.07) is 13.9. The van der Waals surface area contributed by atoms with E-state index >= 15 is 0 Å². The highest BCUT2D eigenvalue weighted by molar-refractivity contribution is 5.87. The standard InChI is InChI=1S/C20H20FNO2/c21-19-4-2-1-3-18(19)13-15-9-11-22(12-10-15)14-16-5-7-17(8-6-16)20(23)24/h1-8,13H,9-12,14H2,(H,23,24). The van der Waals surface area contributed by atoms with Crippen LogP contribution in [0.4, 0.5) is 4.39 Å². The number of likely N-dealkylation sites (tertiary alicyclic amines) is 1. The van der Waals surface area contributed by atoms with Gasteiger partial charge in [-0.15, -0.1) is 0 Å². The monoisotopic (exact) mass is 325 g/mol. The lowest BCUT2D eigenvalue weighted by molar-refractivity contribution is 0.0697. The highest BCUT2D eigenvalue weighted by Crippen LogP contribution is 2.22. The third kappa shape index (κ3) is 4.09. The number of aromatic carboxylic acids is 1. The van der Waals surface area contributed by atoms with Gasteiger partial charge in [0, 0.05) is 25.2 Å². The minimum absolute atomic E-state index is 0.175. The molecule has 2 aromatic rings. The zero-order valence-corrected chi connectivity index (χ0v) is 13.4. The summed E-state index contributed by atoms with van der Waals surface area (Å²) in [4.78, 5) is 13.2. The molecule has 0 amide bonds. The second-order valence-corrected chi connectivity index (χ2v) is 6.10. The molecule has 0 radical (unpaired) electrons. The van der Waals surface area contributed by atoms with E-state index in [1.165, 1.54) is 11.6 Å². The number of piperidine rings is 1. The van der Waals surface area contributed by atoms with Crippen LogP contribution in [0.2, 0.25) is 0 Å². The molecule has 1 N–H and O–H groups in total. The number of rotatable bonds is 4. The normalized spacial score (nSPS) is 15.3. The molecule has 0 unspecified atom stereocenters. The SMILES string of the molecule is O=C(O)c1ccc(CN2CCC(=Cc3ccccc3F)CC2)cc1. The lowest BCUT2D eigenvalue weighted by atomic mass is 10.00. The minimum atomic E-state index is -0.901. The minimum Gasteiger partial charge on any atom is -0.478 e. The lowest BCUT2D eigenvalue weighted by Gasteiger charge is -2.28. The van der Waals surface area contributed by atoms with Crippen LogP contribution in [0.1, 0.15) is 34.3 Å². The molecule has 0 spiro atoms. The van der Waals surface area contributed by atoms with Gasteiger partial charge in [0.2, 0.25) is 0 Å². The number of carboxylic acids is 1. The molecule has 0 aromatic heterocycles. The molecule has 24 heavy (non-hydrogen) atoms. The van der Waals surface area contributed by atoms with Crippen molar-refractivity contribution in [1.29, 1.82) is 0 Å². The third-order valence-electron chi connectivity index (χ3n) is 4.37. The fraction of sp³-hybridized carbons (Fsp3) is 0.250. The Morgan fingerprint density at radius 3 is 2.38 bits per heavy atom. The first-order valence-electron chi connectivity index (χ1n) is 8.10. The Bertz CT molecular complexity index is 742. The molecule has 0 saturated carbocycles. The number of carboxylic acid groups (broad SMARTS) is 1. The van der Waals surface area contributed by atoms with Gasteiger partial charge in [0.05, 0.1) is 5.56 Å². The summed E-state index contributed by atoms with van der Waals surface area (Å²) in [7, 11) is 0. The average molecular weight is 325 g/mol. The van der Waals surface area contributed by atoms with Gasteiger partial charge in [-0.3, -0.25) is 4.90 Å². The van der Waals surface area contributed by atoms with Gasteiger partial charge in [0.15, 0.2) is 0 Å². The third-order valence-corrected chi connectivity index (χ3v) is 4.37. The zero-order valence-electron chi connectivity index (χ0n) is 13.4. The van der Waals surface area contributed by atoms with E-state index in [2.05, 4.69) is 4.90 Å². The maximum Gasteiger partial charge on any atom is 0.335 e. The van der Waals surface area contributed by atoms with E-state index in [0.717, 1.165) is 38.0 Å². The smallest absolute Gasteiger partial charge is 0.335 e. The van der Waals surface area contributed by atoms with Crippen LogP contribution in [0.3, 0.4) is 0 Å². The molecule has 1 saturated heterocycles. The summed E-state index contributed by atoms with van der Waals surface area (Å²) in [5.74, 6) is -1.08. The summed E-state index contributed by atoms with van der Waals surface area (Å²) < 4.78 is 13.7. The van der Waals surface area contributed by atoms with Crippen molar-refractivity contribution in [3.63, 3.8) is 0 Å². The van der Waals surface area contributed by atoms with E-state index < -0.39 is 5.97 Å². The lowest BCUT2D eigenvalue weighted by Crippen LogP contribution is -2.30. The molecule has 1 fully saturated rings. The number of hydrogen-bond acceptors (Lipinski definition) is 2. The first-order valence-corrected chi connectivity index (χ1v) is 8.10. The number of benzene rings is 2. The number of carbonyl (C=O) groups is 1. The first-order chi connectivity index (χ1) is 11.6. The highest BCUT2D eigenvalue weighted by atomic mass is 19.1. The van der Waals surface area contributed by atoms with Gasteiger partial charge < -0.3 is 5.11 Å². The maximum atomic E-state index is 13.7. The summed E-state index contributed by atoms with van der Waals surface area (Å²) in [6.45, 7) is 2.68. The molecule has 0 aliphatic carbocycles. The van der Waals surface area contributed by atoms with Gasteiger partial charge in [-0.1, -0.05) is 42.0 Å². The van der Waals surface area contributed by atoms with Crippen LogP contribution in [-0.4, -0.2) is 29.1 Å². The molecule has 3 nitrogen and oxygen atoms in total. The highest BCUT2D eigenvalue weighted by Gasteiger charge is 2.15. The molecular formula is C20H20FNO2. The van der Waals surface area contributed by atoms with Crippen LogP contribution in [0, 0.1) is 5.82 Å². The Kier molecular flexibility index (Phi) is 5.06. The molecule has 124 valence electrons. The van der Waals surface area contributed by atoms with E-state index in [1.807, 2.05) is 24.3 Å². The fourth-order valence-electron chi connectivity index (χ4n) is 2.97. The van der Waals surface area contributed by atoms with Gasteiger partial charge in [0.25, 0.3) is 0 Å². The molecule has 1 heterocycles. The molecular weight excluding hydrogens is 305 g/mol. The van der Waals surface area contributed by atoms with Gasteiger partial charge in [-0.05, 0) is 36.6 Å². The first kappa shape index (κ1) is 16.4.